The van der Waals surface area contributed by atoms with E-state index in [1.807, 2.05) is 42.5 Å². The second kappa shape index (κ2) is 23.1. The summed E-state index contributed by atoms with van der Waals surface area (Å²) in [7, 11) is 0. The first kappa shape index (κ1) is 33.6. The van der Waals surface area contributed by atoms with Gasteiger partial charge in [0.05, 0.1) is 0 Å². The number of carbonyl (C=O) groups is 2. The SMILES string of the molecule is CCCCCCCCCCCCCCCCCCCCCC(=O)Nc1cccc(C(=O)NCc2ccccc2)c1. The molecule has 0 radical (unpaired) electrons. The number of hydrogen-bond donors (Lipinski definition) is 2. The monoisotopic (exact) mass is 548 g/mol. The maximum atomic E-state index is 12.5. The predicted octanol–water partition coefficient (Wildman–Crippen LogP) is 10.4. The van der Waals surface area contributed by atoms with Crippen LogP contribution in [0.5, 0.6) is 0 Å². The molecule has 0 aliphatic carbocycles. The van der Waals surface area contributed by atoms with E-state index in [-0.39, 0.29) is 11.8 Å². The van der Waals surface area contributed by atoms with Gasteiger partial charge in [0, 0.05) is 24.2 Å². The molecule has 2 rings (SSSR count). The van der Waals surface area contributed by atoms with Crippen molar-refractivity contribution >= 4 is 17.5 Å². The van der Waals surface area contributed by atoms with Gasteiger partial charge in [0.25, 0.3) is 5.91 Å². The standard InChI is InChI=1S/C36H56N2O2/c1-2-3-4-5-6-7-8-9-10-11-12-13-14-15-16-17-18-19-23-29-35(39)38-34-28-24-27-33(30-34)36(40)37-31-32-25-21-20-22-26-32/h20-22,24-28,30H,2-19,23,29,31H2,1H3,(H,37,40)(H,38,39). The lowest BCUT2D eigenvalue weighted by molar-refractivity contribution is -0.116. The van der Waals surface area contributed by atoms with Crippen LogP contribution < -0.4 is 10.6 Å². The molecule has 222 valence electrons. The number of carbonyl (C=O) groups excluding carboxylic acids is 2. The molecule has 0 aliphatic rings. The maximum absolute atomic E-state index is 12.5. The molecule has 40 heavy (non-hydrogen) atoms. The van der Waals surface area contributed by atoms with Crippen molar-refractivity contribution in [2.75, 3.05) is 5.32 Å². The zero-order valence-corrected chi connectivity index (χ0v) is 25.4. The summed E-state index contributed by atoms with van der Waals surface area (Å²) >= 11 is 0. The van der Waals surface area contributed by atoms with E-state index < -0.39 is 0 Å². The van der Waals surface area contributed by atoms with Gasteiger partial charge in [-0.15, -0.1) is 0 Å². The third-order valence-corrected chi connectivity index (χ3v) is 7.71. The number of unbranched alkanes of at least 4 members (excludes halogenated alkanes) is 18. The third-order valence-electron chi connectivity index (χ3n) is 7.71. The van der Waals surface area contributed by atoms with Gasteiger partial charge in [-0.25, -0.2) is 0 Å². The van der Waals surface area contributed by atoms with Crippen LogP contribution in [0.4, 0.5) is 5.69 Å². The van der Waals surface area contributed by atoms with Gasteiger partial charge in [0.15, 0.2) is 0 Å². The van der Waals surface area contributed by atoms with Gasteiger partial charge in [0.2, 0.25) is 5.91 Å². The fourth-order valence-corrected chi connectivity index (χ4v) is 5.21. The van der Waals surface area contributed by atoms with Crippen LogP contribution >= 0.6 is 0 Å². The molecular weight excluding hydrogens is 492 g/mol. The minimum Gasteiger partial charge on any atom is -0.348 e. The maximum Gasteiger partial charge on any atom is 0.251 e. The Morgan fingerprint density at radius 2 is 1.07 bits per heavy atom. The summed E-state index contributed by atoms with van der Waals surface area (Å²) in [6, 6.07) is 17.0. The number of nitrogens with one attached hydrogen (secondary N) is 2. The van der Waals surface area contributed by atoms with E-state index >= 15 is 0 Å². The number of amides is 2. The van der Waals surface area contributed by atoms with Crippen LogP contribution in [0.2, 0.25) is 0 Å². The molecule has 0 spiro atoms. The molecule has 0 aliphatic heterocycles. The zero-order valence-electron chi connectivity index (χ0n) is 25.4. The largest absolute Gasteiger partial charge is 0.348 e. The Kier molecular flexibility index (Phi) is 19.4. The third kappa shape index (κ3) is 17.2. The van der Waals surface area contributed by atoms with E-state index in [0.29, 0.717) is 24.2 Å². The lowest BCUT2D eigenvalue weighted by atomic mass is 10.0. The summed E-state index contributed by atoms with van der Waals surface area (Å²) in [6.07, 6.45) is 26.1. The predicted molar refractivity (Wildman–Crippen MR) is 171 cm³/mol. The Morgan fingerprint density at radius 3 is 1.60 bits per heavy atom. The molecule has 0 atom stereocenters. The van der Waals surface area contributed by atoms with Crippen LogP contribution in [0, 0.1) is 0 Å². The van der Waals surface area contributed by atoms with Gasteiger partial charge >= 0.3 is 0 Å². The fraction of sp³-hybridized carbons (Fsp3) is 0.611. The van der Waals surface area contributed by atoms with Crippen LogP contribution in [0.1, 0.15) is 151 Å². The number of benzene rings is 2. The van der Waals surface area contributed by atoms with E-state index in [4.69, 9.17) is 0 Å². The summed E-state index contributed by atoms with van der Waals surface area (Å²) in [6.45, 7) is 2.77. The summed E-state index contributed by atoms with van der Waals surface area (Å²) in [4.78, 5) is 24.9. The molecule has 2 aromatic carbocycles. The Hall–Kier alpha value is -2.62. The van der Waals surface area contributed by atoms with E-state index in [1.54, 1.807) is 12.1 Å². The molecule has 0 saturated heterocycles. The second-order valence-electron chi connectivity index (χ2n) is 11.4. The average Bonchev–Trinajstić information content (AvgIpc) is 2.97. The summed E-state index contributed by atoms with van der Waals surface area (Å²) in [5, 5.41) is 5.88. The minimum absolute atomic E-state index is 0.0221. The first-order valence-electron chi connectivity index (χ1n) is 16.4. The zero-order chi connectivity index (χ0) is 28.5. The summed E-state index contributed by atoms with van der Waals surface area (Å²) < 4.78 is 0. The lowest BCUT2D eigenvalue weighted by Gasteiger charge is -2.09. The summed E-state index contributed by atoms with van der Waals surface area (Å²) in [5.74, 6) is -0.118. The first-order chi connectivity index (χ1) is 19.7. The average molecular weight is 549 g/mol. The van der Waals surface area contributed by atoms with E-state index in [1.165, 1.54) is 109 Å². The van der Waals surface area contributed by atoms with Gasteiger partial charge in [0.1, 0.15) is 0 Å². The highest BCUT2D eigenvalue weighted by Crippen LogP contribution is 2.16. The van der Waals surface area contributed by atoms with E-state index in [2.05, 4.69) is 17.6 Å². The molecule has 2 N–H and O–H groups in total. The Labute approximate surface area is 245 Å². The van der Waals surface area contributed by atoms with Crippen LogP contribution in [0.25, 0.3) is 0 Å². The molecule has 0 fully saturated rings. The van der Waals surface area contributed by atoms with Crippen LogP contribution in [0.15, 0.2) is 54.6 Å². The first-order valence-corrected chi connectivity index (χ1v) is 16.4. The van der Waals surface area contributed by atoms with Gasteiger partial charge in [-0.05, 0) is 30.2 Å². The second-order valence-corrected chi connectivity index (χ2v) is 11.4. The van der Waals surface area contributed by atoms with E-state index in [0.717, 1.165) is 18.4 Å². The molecule has 0 saturated carbocycles. The Bertz CT molecular complexity index is 912. The van der Waals surface area contributed by atoms with Crippen LogP contribution in [-0.4, -0.2) is 11.8 Å². The highest BCUT2D eigenvalue weighted by Gasteiger charge is 2.08. The van der Waals surface area contributed by atoms with Crippen molar-refractivity contribution < 1.29 is 9.59 Å². The highest BCUT2D eigenvalue weighted by molar-refractivity contribution is 5.97. The molecule has 0 heterocycles. The molecule has 4 nitrogen and oxygen atoms in total. The molecular formula is C36H56N2O2. The smallest absolute Gasteiger partial charge is 0.251 e. The van der Waals surface area contributed by atoms with Crippen LogP contribution in [-0.2, 0) is 11.3 Å². The quantitative estimate of drug-likeness (QED) is 0.128. The topological polar surface area (TPSA) is 58.2 Å². The fourth-order valence-electron chi connectivity index (χ4n) is 5.21. The van der Waals surface area contributed by atoms with Crippen molar-refractivity contribution in [3.8, 4) is 0 Å². The normalized spacial score (nSPS) is 10.9. The van der Waals surface area contributed by atoms with Crippen molar-refractivity contribution in [2.24, 2.45) is 0 Å². The molecule has 0 aromatic heterocycles. The van der Waals surface area contributed by atoms with Gasteiger partial charge < -0.3 is 10.6 Å². The van der Waals surface area contributed by atoms with Crippen molar-refractivity contribution in [1.29, 1.82) is 0 Å². The van der Waals surface area contributed by atoms with Crippen molar-refractivity contribution in [3.05, 3.63) is 65.7 Å². The minimum atomic E-state index is -0.140. The van der Waals surface area contributed by atoms with E-state index in [9.17, 15) is 9.59 Å². The van der Waals surface area contributed by atoms with Crippen molar-refractivity contribution in [3.63, 3.8) is 0 Å². The lowest BCUT2D eigenvalue weighted by Crippen LogP contribution is -2.23. The van der Waals surface area contributed by atoms with Gasteiger partial charge in [-0.3, -0.25) is 9.59 Å². The molecule has 0 unspecified atom stereocenters. The number of anilines is 1. The highest BCUT2D eigenvalue weighted by atomic mass is 16.2. The number of rotatable bonds is 24. The Morgan fingerprint density at radius 1 is 0.575 bits per heavy atom. The van der Waals surface area contributed by atoms with Crippen molar-refractivity contribution in [2.45, 2.75) is 142 Å². The number of hydrogen-bond acceptors (Lipinski definition) is 2. The Balaban J connectivity index is 1.40. The molecule has 2 amide bonds. The molecule has 2 aromatic rings. The molecule has 0 bridgehead atoms. The van der Waals surface area contributed by atoms with Gasteiger partial charge in [-0.1, -0.05) is 159 Å². The van der Waals surface area contributed by atoms with Gasteiger partial charge in [-0.2, -0.15) is 0 Å². The van der Waals surface area contributed by atoms with Crippen LogP contribution in [0.3, 0.4) is 0 Å². The molecule has 4 heteroatoms. The van der Waals surface area contributed by atoms with Crippen molar-refractivity contribution in [1.82, 2.24) is 5.32 Å². The summed E-state index contributed by atoms with van der Waals surface area (Å²) in [5.41, 5.74) is 2.28.